The number of methoxy groups -OCH3 is 1. The van der Waals surface area contributed by atoms with E-state index in [9.17, 15) is 9.59 Å². The molecule has 1 aromatic heterocycles. The van der Waals surface area contributed by atoms with E-state index in [4.69, 9.17) is 4.74 Å². The van der Waals surface area contributed by atoms with Gasteiger partial charge in [0.2, 0.25) is 11.8 Å². The minimum atomic E-state index is -0.132. The number of hydrogen-bond donors (Lipinski definition) is 1. The zero-order valence-electron chi connectivity index (χ0n) is 15.1. The van der Waals surface area contributed by atoms with Gasteiger partial charge in [-0.25, -0.2) is 4.98 Å². The minimum absolute atomic E-state index is 0.0274. The molecule has 1 aliphatic carbocycles. The molecule has 0 fully saturated rings. The third-order valence-electron chi connectivity index (χ3n) is 4.75. The molecule has 3 rings (SSSR count). The van der Waals surface area contributed by atoms with Gasteiger partial charge in [0, 0.05) is 37.2 Å². The molecule has 5 heteroatoms. The molecule has 0 radical (unpaired) electrons. The Hall–Kier alpha value is -2.69. The summed E-state index contributed by atoms with van der Waals surface area (Å²) in [5, 5.41) is 2.82. The molecule has 1 aliphatic rings. The van der Waals surface area contributed by atoms with Crippen molar-refractivity contribution in [2.24, 2.45) is 0 Å². The standard InChI is InChI=1S/C21H24N2O3/c1-26-21-11-6-15(14-23-21)13-22-20(25)10-9-19(24)18-8-7-16-4-2-3-5-17(16)12-18/h6-8,11-12,14H,2-5,9-10,13H2,1H3,(H,22,25). The maximum absolute atomic E-state index is 12.4. The van der Waals surface area contributed by atoms with Crippen LogP contribution in [-0.2, 0) is 24.2 Å². The number of amides is 1. The van der Waals surface area contributed by atoms with Crippen molar-refractivity contribution in [2.45, 2.75) is 45.1 Å². The number of ketones is 1. The Morgan fingerprint density at radius 3 is 2.62 bits per heavy atom. The number of fused-ring (bicyclic) bond motifs is 1. The molecule has 0 saturated carbocycles. The van der Waals surface area contributed by atoms with Crippen LogP contribution < -0.4 is 10.1 Å². The maximum atomic E-state index is 12.4. The summed E-state index contributed by atoms with van der Waals surface area (Å²) < 4.78 is 5.00. The molecule has 1 N–H and O–H groups in total. The van der Waals surface area contributed by atoms with Gasteiger partial charge in [-0.15, -0.1) is 0 Å². The Labute approximate surface area is 153 Å². The number of aromatic nitrogens is 1. The Kier molecular flexibility index (Phi) is 6.00. The normalized spacial score (nSPS) is 13.0. The van der Waals surface area contributed by atoms with Gasteiger partial charge in [0.25, 0.3) is 0 Å². The van der Waals surface area contributed by atoms with Crippen molar-refractivity contribution >= 4 is 11.7 Å². The van der Waals surface area contributed by atoms with Crippen LogP contribution in [0.4, 0.5) is 0 Å². The van der Waals surface area contributed by atoms with Crippen LogP contribution in [0, 0.1) is 0 Å². The third kappa shape index (κ3) is 4.69. The summed E-state index contributed by atoms with van der Waals surface area (Å²) in [5.41, 5.74) is 4.26. The van der Waals surface area contributed by atoms with Crippen molar-refractivity contribution in [3.05, 3.63) is 58.8 Å². The first-order valence-corrected chi connectivity index (χ1v) is 9.06. The number of carbonyl (C=O) groups is 2. The number of ether oxygens (including phenoxy) is 1. The van der Waals surface area contributed by atoms with Gasteiger partial charge in [0.15, 0.2) is 5.78 Å². The fraction of sp³-hybridized carbons (Fsp3) is 0.381. The molecule has 5 nitrogen and oxygen atoms in total. The van der Waals surface area contributed by atoms with Crippen molar-refractivity contribution in [3.63, 3.8) is 0 Å². The monoisotopic (exact) mass is 352 g/mol. The predicted molar refractivity (Wildman–Crippen MR) is 99.3 cm³/mol. The molecule has 2 aromatic rings. The van der Waals surface area contributed by atoms with E-state index in [1.165, 1.54) is 24.0 Å². The lowest BCUT2D eigenvalue weighted by molar-refractivity contribution is -0.121. The number of rotatable bonds is 7. The first-order valence-electron chi connectivity index (χ1n) is 9.06. The maximum Gasteiger partial charge on any atom is 0.220 e. The molecule has 26 heavy (non-hydrogen) atoms. The molecule has 0 saturated heterocycles. The van der Waals surface area contributed by atoms with Crippen molar-refractivity contribution < 1.29 is 14.3 Å². The second-order valence-electron chi connectivity index (χ2n) is 6.60. The highest BCUT2D eigenvalue weighted by atomic mass is 16.5. The largest absolute Gasteiger partial charge is 0.481 e. The number of aryl methyl sites for hydroxylation is 2. The fourth-order valence-electron chi connectivity index (χ4n) is 3.20. The van der Waals surface area contributed by atoms with E-state index in [-0.39, 0.29) is 24.5 Å². The molecular weight excluding hydrogens is 328 g/mol. The summed E-state index contributed by atoms with van der Waals surface area (Å²) in [5.74, 6) is 0.433. The lowest BCUT2D eigenvalue weighted by Crippen LogP contribution is -2.23. The van der Waals surface area contributed by atoms with E-state index in [2.05, 4.69) is 16.4 Å². The average Bonchev–Trinajstić information content (AvgIpc) is 2.70. The number of hydrogen-bond acceptors (Lipinski definition) is 4. The molecule has 0 bridgehead atoms. The van der Waals surface area contributed by atoms with Crippen molar-refractivity contribution in [1.82, 2.24) is 10.3 Å². The predicted octanol–water partition coefficient (Wildman–Crippen LogP) is 3.25. The Bertz CT molecular complexity index is 784. The van der Waals surface area contributed by atoms with Crippen LogP contribution in [-0.4, -0.2) is 23.8 Å². The number of Topliss-reactive ketones (excluding diaryl/α,β-unsaturated/α-hetero) is 1. The molecule has 1 aromatic carbocycles. The zero-order chi connectivity index (χ0) is 18.4. The summed E-state index contributed by atoms with van der Waals surface area (Å²) in [6.07, 6.45) is 6.65. The third-order valence-corrected chi connectivity index (χ3v) is 4.75. The van der Waals surface area contributed by atoms with Crippen molar-refractivity contribution in [2.75, 3.05) is 7.11 Å². The Morgan fingerprint density at radius 1 is 1.08 bits per heavy atom. The van der Waals surface area contributed by atoms with Gasteiger partial charge in [-0.1, -0.05) is 18.2 Å². The van der Waals surface area contributed by atoms with Gasteiger partial charge >= 0.3 is 0 Å². The minimum Gasteiger partial charge on any atom is -0.481 e. The number of carbonyl (C=O) groups excluding carboxylic acids is 2. The van der Waals surface area contributed by atoms with Crippen molar-refractivity contribution in [3.8, 4) is 5.88 Å². The van der Waals surface area contributed by atoms with Crippen LogP contribution >= 0.6 is 0 Å². The molecule has 0 atom stereocenters. The molecule has 136 valence electrons. The van der Waals surface area contributed by atoms with Gasteiger partial charge in [-0.05, 0) is 48.4 Å². The first kappa shape index (κ1) is 18.1. The highest BCUT2D eigenvalue weighted by molar-refractivity contribution is 5.98. The number of nitrogens with one attached hydrogen (secondary N) is 1. The number of nitrogens with zero attached hydrogens (tertiary/aromatic N) is 1. The van der Waals surface area contributed by atoms with Crippen LogP contribution in [0.2, 0.25) is 0 Å². The summed E-state index contributed by atoms with van der Waals surface area (Å²) in [6, 6.07) is 9.58. The Morgan fingerprint density at radius 2 is 1.88 bits per heavy atom. The van der Waals surface area contributed by atoms with Gasteiger partial charge in [-0.2, -0.15) is 0 Å². The molecule has 0 spiro atoms. The number of pyridine rings is 1. The second kappa shape index (κ2) is 8.61. The topological polar surface area (TPSA) is 68.3 Å². The summed E-state index contributed by atoms with van der Waals surface area (Å²) in [6.45, 7) is 0.392. The van der Waals surface area contributed by atoms with E-state index < -0.39 is 0 Å². The van der Waals surface area contributed by atoms with E-state index in [0.717, 1.165) is 24.0 Å². The van der Waals surface area contributed by atoms with Gasteiger partial charge < -0.3 is 10.1 Å². The lowest BCUT2D eigenvalue weighted by atomic mass is 9.89. The molecule has 1 heterocycles. The van der Waals surface area contributed by atoms with Crippen LogP contribution in [0.3, 0.4) is 0 Å². The van der Waals surface area contributed by atoms with E-state index in [1.807, 2.05) is 18.2 Å². The zero-order valence-corrected chi connectivity index (χ0v) is 15.1. The molecule has 0 aliphatic heterocycles. The van der Waals surface area contributed by atoms with Crippen LogP contribution in [0.15, 0.2) is 36.5 Å². The number of benzene rings is 1. The quantitative estimate of drug-likeness (QED) is 0.777. The van der Waals surface area contributed by atoms with Crippen LogP contribution in [0.1, 0.15) is 52.7 Å². The Balaban J connectivity index is 1.47. The highest BCUT2D eigenvalue weighted by Gasteiger charge is 2.14. The second-order valence-corrected chi connectivity index (χ2v) is 6.60. The van der Waals surface area contributed by atoms with Crippen LogP contribution in [0.5, 0.6) is 5.88 Å². The average molecular weight is 352 g/mol. The summed E-state index contributed by atoms with van der Waals surface area (Å²) in [7, 11) is 1.56. The first-order chi connectivity index (χ1) is 12.7. The SMILES string of the molecule is COc1ccc(CNC(=O)CCC(=O)c2ccc3c(c2)CCCC3)cn1. The summed E-state index contributed by atoms with van der Waals surface area (Å²) in [4.78, 5) is 28.5. The summed E-state index contributed by atoms with van der Waals surface area (Å²) >= 11 is 0. The van der Waals surface area contributed by atoms with E-state index in [0.29, 0.717) is 12.4 Å². The highest BCUT2D eigenvalue weighted by Crippen LogP contribution is 2.23. The van der Waals surface area contributed by atoms with Crippen molar-refractivity contribution in [1.29, 1.82) is 0 Å². The van der Waals surface area contributed by atoms with E-state index in [1.54, 1.807) is 19.4 Å². The molecule has 0 unspecified atom stereocenters. The lowest BCUT2D eigenvalue weighted by Gasteiger charge is -2.16. The van der Waals surface area contributed by atoms with Gasteiger partial charge in [0.1, 0.15) is 0 Å². The fourth-order valence-corrected chi connectivity index (χ4v) is 3.20. The molecular formula is C21H24N2O3. The van der Waals surface area contributed by atoms with Gasteiger partial charge in [-0.3, -0.25) is 9.59 Å². The van der Waals surface area contributed by atoms with E-state index >= 15 is 0 Å². The van der Waals surface area contributed by atoms with Crippen LogP contribution in [0.25, 0.3) is 0 Å². The smallest absolute Gasteiger partial charge is 0.220 e. The molecule has 1 amide bonds. The van der Waals surface area contributed by atoms with Gasteiger partial charge in [0.05, 0.1) is 7.11 Å².